The predicted octanol–water partition coefficient (Wildman–Crippen LogP) is 4.21. The molecule has 1 saturated carbocycles. The molecule has 9 nitrogen and oxygen atoms in total. The van der Waals surface area contributed by atoms with Gasteiger partial charge >= 0.3 is 0 Å². The van der Waals surface area contributed by atoms with E-state index >= 15 is 0 Å². The first-order valence-electron chi connectivity index (χ1n) is 11.7. The van der Waals surface area contributed by atoms with Gasteiger partial charge in [-0.2, -0.15) is 4.98 Å². The second kappa shape index (κ2) is 10.1. The number of pyridine rings is 2. The molecule has 0 unspecified atom stereocenters. The summed E-state index contributed by atoms with van der Waals surface area (Å²) in [5.41, 5.74) is 0.438. The average Bonchev–Trinajstić information content (AvgIpc) is 3.73. The highest BCUT2D eigenvalue weighted by Gasteiger charge is 2.54. The molecule has 0 saturated heterocycles. The Bertz CT molecular complexity index is 1540. The van der Waals surface area contributed by atoms with Crippen LogP contribution in [0.15, 0.2) is 48.9 Å². The average molecular weight is 520 g/mol. The van der Waals surface area contributed by atoms with Crippen molar-refractivity contribution in [1.82, 2.24) is 19.9 Å². The molecule has 1 aliphatic rings. The number of hydrogen-bond acceptors (Lipinski definition) is 9. The Kier molecular flexibility index (Phi) is 6.66. The zero-order chi connectivity index (χ0) is 26.9. The summed E-state index contributed by atoms with van der Waals surface area (Å²) in [5, 5.41) is 0. The summed E-state index contributed by atoms with van der Waals surface area (Å²) in [5.74, 6) is -1.63. The molecule has 0 aliphatic heterocycles. The predicted molar refractivity (Wildman–Crippen MR) is 130 cm³/mol. The fraction of sp³-hybridized carbons (Fsp3) is 0.259. The fourth-order valence-corrected chi connectivity index (χ4v) is 4.17. The lowest BCUT2D eigenvalue weighted by molar-refractivity contribution is -0.133. The second-order valence-corrected chi connectivity index (χ2v) is 8.89. The van der Waals surface area contributed by atoms with Crippen molar-refractivity contribution in [3.8, 4) is 23.4 Å². The van der Waals surface area contributed by atoms with Crippen LogP contribution in [0.3, 0.4) is 0 Å². The molecule has 194 valence electrons. The number of methoxy groups -OCH3 is 2. The van der Waals surface area contributed by atoms with Crippen molar-refractivity contribution in [3.63, 3.8) is 0 Å². The number of aromatic nitrogens is 4. The maximum atomic E-state index is 14.9. The molecule has 3 heterocycles. The van der Waals surface area contributed by atoms with Crippen molar-refractivity contribution in [1.29, 1.82) is 0 Å². The highest BCUT2D eigenvalue weighted by Crippen LogP contribution is 2.48. The summed E-state index contributed by atoms with van der Waals surface area (Å²) >= 11 is 0. The van der Waals surface area contributed by atoms with Gasteiger partial charge in [-0.15, -0.1) is 0 Å². The number of halogens is 2. The summed E-state index contributed by atoms with van der Waals surface area (Å²) in [6.45, 7) is 0. The molecule has 0 radical (unpaired) electrons. The largest absolute Gasteiger partial charge is 0.491 e. The van der Waals surface area contributed by atoms with Crippen LogP contribution in [-0.4, -0.2) is 45.7 Å². The van der Waals surface area contributed by atoms with E-state index in [4.69, 9.17) is 14.2 Å². The van der Waals surface area contributed by atoms with Gasteiger partial charge in [0.1, 0.15) is 17.7 Å². The van der Waals surface area contributed by atoms with E-state index in [-0.39, 0.29) is 47.6 Å². The summed E-state index contributed by atoms with van der Waals surface area (Å²) in [4.78, 5) is 42.4. The van der Waals surface area contributed by atoms with E-state index in [0.29, 0.717) is 35.2 Å². The van der Waals surface area contributed by atoms with Gasteiger partial charge in [-0.05, 0) is 42.2 Å². The van der Waals surface area contributed by atoms with Gasteiger partial charge in [0.2, 0.25) is 0 Å². The number of ether oxygens (including phenoxy) is 3. The number of Topliss-reactive ketones (excluding diaryl/α,β-unsaturated/α-hetero) is 2. The van der Waals surface area contributed by atoms with E-state index in [1.54, 1.807) is 6.07 Å². The molecule has 0 spiro atoms. The van der Waals surface area contributed by atoms with Crippen LogP contribution in [0.5, 0.6) is 23.4 Å². The molecule has 4 aromatic rings. The Balaban J connectivity index is 1.31. The Labute approximate surface area is 215 Å². The quantitative estimate of drug-likeness (QED) is 0.284. The first-order valence-corrected chi connectivity index (χ1v) is 11.7. The van der Waals surface area contributed by atoms with Gasteiger partial charge < -0.3 is 14.2 Å². The third-order valence-corrected chi connectivity index (χ3v) is 6.44. The summed E-state index contributed by atoms with van der Waals surface area (Å²) in [6, 6.07) is 8.32. The smallest absolute Gasteiger partial charge is 0.257 e. The van der Waals surface area contributed by atoms with Gasteiger partial charge in [0.05, 0.1) is 19.6 Å². The molecule has 0 atom stereocenters. The fourth-order valence-electron chi connectivity index (χ4n) is 4.17. The number of rotatable bonds is 10. The van der Waals surface area contributed by atoms with E-state index in [0.717, 1.165) is 6.07 Å². The number of benzene rings is 1. The van der Waals surface area contributed by atoms with E-state index in [1.165, 1.54) is 51.0 Å². The number of nitrogens with zero attached hydrogens (tertiary/aromatic N) is 4. The van der Waals surface area contributed by atoms with E-state index in [9.17, 15) is 18.4 Å². The highest BCUT2D eigenvalue weighted by atomic mass is 19.1. The van der Waals surface area contributed by atoms with Gasteiger partial charge in [0.15, 0.2) is 28.6 Å². The van der Waals surface area contributed by atoms with Crippen LogP contribution in [-0.2, 0) is 22.4 Å². The number of carbonyl (C=O) groups excluding carboxylic acids is 2. The first-order chi connectivity index (χ1) is 18.3. The Morgan fingerprint density at radius 1 is 0.868 bits per heavy atom. The third kappa shape index (κ3) is 4.86. The minimum Gasteiger partial charge on any atom is -0.491 e. The molecule has 1 aliphatic carbocycles. The zero-order valence-corrected chi connectivity index (χ0v) is 20.5. The maximum absolute atomic E-state index is 14.9. The van der Waals surface area contributed by atoms with Gasteiger partial charge in [0, 0.05) is 25.1 Å². The summed E-state index contributed by atoms with van der Waals surface area (Å²) in [7, 11) is 2.88. The second-order valence-electron chi connectivity index (χ2n) is 8.89. The Morgan fingerprint density at radius 2 is 1.58 bits per heavy atom. The number of carbonyl (C=O) groups is 2. The van der Waals surface area contributed by atoms with E-state index in [1.807, 2.05) is 0 Å². The normalized spacial score (nSPS) is 13.7. The number of fused-ring (bicyclic) bond motifs is 1. The molecule has 3 aromatic heterocycles. The van der Waals surface area contributed by atoms with Gasteiger partial charge in [-0.1, -0.05) is 12.1 Å². The maximum Gasteiger partial charge on any atom is 0.257 e. The molecule has 1 aromatic carbocycles. The molecule has 38 heavy (non-hydrogen) atoms. The van der Waals surface area contributed by atoms with Gasteiger partial charge in [0.25, 0.3) is 17.6 Å². The van der Waals surface area contributed by atoms with Crippen LogP contribution in [0.2, 0.25) is 0 Å². The third-order valence-electron chi connectivity index (χ3n) is 6.44. The van der Waals surface area contributed by atoms with Crippen LogP contribution in [0.1, 0.15) is 24.0 Å². The van der Waals surface area contributed by atoms with Crippen LogP contribution >= 0.6 is 0 Å². The highest BCUT2D eigenvalue weighted by molar-refractivity contribution is 6.10. The van der Waals surface area contributed by atoms with Crippen molar-refractivity contribution in [2.24, 2.45) is 5.41 Å². The molecule has 11 heteroatoms. The van der Waals surface area contributed by atoms with Crippen molar-refractivity contribution < 1.29 is 32.6 Å². The minimum absolute atomic E-state index is 0.0307. The molecule has 0 amide bonds. The SMILES string of the molecule is COc1cc2ncnc(Oc3ncc(CC(=O)C4(C(=O)Cc5ccc(F)cc5)CC4)cc3F)c2nc1OC. The molecule has 0 N–H and O–H groups in total. The molecule has 1 fully saturated rings. The van der Waals surface area contributed by atoms with Crippen molar-refractivity contribution in [2.45, 2.75) is 25.7 Å². The number of hydrogen-bond donors (Lipinski definition) is 0. The zero-order valence-electron chi connectivity index (χ0n) is 20.5. The standard InChI is InChI=1S/C27H22F2N4O5/c1-36-20-12-19-23(33-25(20)37-2)26(32-14-31-19)38-24-18(29)9-16(13-30-24)11-22(35)27(7-8-27)21(34)10-15-3-5-17(28)6-4-15/h3-6,9,12-14H,7-8,10-11H2,1-2H3. The minimum atomic E-state index is -1.09. The lowest BCUT2D eigenvalue weighted by atomic mass is 9.88. The molecule has 0 bridgehead atoms. The topological polar surface area (TPSA) is 113 Å². The van der Waals surface area contributed by atoms with Crippen LogP contribution in [0.25, 0.3) is 11.0 Å². The molecule has 5 rings (SSSR count). The monoisotopic (exact) mass is 520 g/mol. The first kappa shape index (κ1) is 25.1. The van der Waals surface area contributed by atoms with Crippen molar-refractivity contribution in [3.05, 3.63) is 71.7 Å². The Hall–Kier alpha value is -4.54. The molecular weight excluding hydrogens is 498 g/mol. The van der Waals surface area contributed by atoms with E-state index < -0.39 is 17.0 Å². The molecular formula is C27H22F2N4O5. The van der Waals surface area contributed by atoms with Crippen molar-refractivity contribution >= 4 is 22.6 Å². The summed E-state index contributed by atoms with van der Waals surface area (Å²) < 4.78 is 44.1. The Morgan fingerprint density at radius 3 is 2.21 bits per heavy atom. The number of ketones is 2. The lowest BCUT2D eigenvalue weighted by Crippen LogP contribution is -2.29. The van der Waals surface area contributed by atoms with Crippen LogP contribution < -0.4 is 14.2 Å². The lowest BCUT2D eigenvalue weighted by Gasteiger charge is -2.14. The van der Waals surface area contributed by atoms with Gasteiger partial charge in [-0.25, -0.2) is 23.7 Å². The van der Waals surface area contributed by atoms with Crippen molar-refractivity contribution in [2.75, 3.05) is 14.2 Å². The van der Waals surface area contributed by atoms with E-state index in [2.05, 4.69) is 19.9 Å². The van der Waals surface area contributed by atoms with Gasteiger partial charge in [-0.3, -0.25) is 9.59 Å². The van der Waals surface area contributed by atoms with Crippen LogP contribution in [0.4, 0.5) is 8.78 Å². The summed E-state index contributed by atoms with van der Waals surface area (Å²) in [6.07, 6.45) is 3.29. The van der Waals surface area contributed by atoms with Crippen LogP contribution in [0, 0.1) is 17.0 Å².